The standard InChI is InChI=1S/C27H34FN5O2/c1-6-23-25-20(13-17(3)31-23)26(33-11-9-16(2)29-10-12-33)21(15-30-25)27(34)32-18(4)19-7-8-22(28)24(14-19)35-5/h7-8,13-16,18,29H,6,9-12H2,1-5H3,(H,32,34)/t16-,18-/m0/s1. The van der Waals surface area contributed by atoms with Crippen molar-refractivity contribution >= 4 is 22.5 Å². The minimum atomic E-state index is -0.435. The Morgan fingerprint density at radius 1 is 1.34 bits per heavy atom. The number of carbonyl (C=O) groups excluding carboxylic acids is 1. The van der Waals surface area contributed by atoms with Crippen molar-refractivity contribution in [3.63, 3.8) is 0 Å². The van der Waals surface area contributed by atoms with Gasteiger partial charge in [0.1, 0.15) is 0 Å². The monoisotopic (exact) mass is 479 g/mol. The van der Waals surface area contributed by atoms with Crippen LogP contribution in [-0.4, -0.2) is 48.7 Å². The Hall–Kier alpha value is -3.26. The fraction of sp³-hybridized carbons (Fsp3) is 0.444. The maximum absolute atomic E-state index is 13.9. The van der Waals surface area contributed by atoms with Crippen LogP contribution < -0.4 is 20.3 Å². The third kappa shape index (κ3) is 5.22. The largest absolute Gasteiger partial charge is 0.494 e. The molecule has 7 nitrogen and oxygen atoms in total. The summed E-state index contributed by atoms with van der Waals surface area (Å²) in [5.41, 5.74) is 4.86. The summed E-state index contributed by atoms with van der Waals surface area (Å²) >= 11 is 0. The molecule has 4 rings (SSSR count). The molecular weight excluding hydrogens is 445 g/mol. The number of nitrogens with one attached hydrogen (secondary N) is 2. The quantitative estimate of drug-likeness (QED) is 0.548. The number of carbonyl (C=O) groups is 1. The number of pyridine rings is 2. The van der Waals surface area contributed by atoms with Crippen LogP contribution in [0.2, 0.25) is 0 Å². The summed E-state index contributed by atoms with van der Waals surface area (Å²) in [5.74, 6) is -0.503. The molecule has 1 amide bonds. The number of anilines is 1. The van der Waals surface area contributed by atoms with Gasteiger partial charge in [0.15, 0.2) is 11.6 Å². The van der Waals surface area contributed by atoms with E-state index in [2.05, 4.69) is 34.4 Å². The van der Waals surface area contributed by atoms with Crippen molar-refractivity contribution in [2.24, 2.45) is 0 Å². The topological polar surface area (TPSA) is 79.4 Å². The van der Waals surface area contributed by atoms with Crippen LogP contribution in [0.15, 0.2) is 30.5 Å². The number of hydrogen-bond donors (Lipinski definition) is 2. The fourth-order valence-electron chi connectivity index (χ4n) is 4.68. The number of methoxy groups -OCH3 is 1. The van der Waals surface area contributed by atoms with E-state index in [9.17, 15) is 9.18 Å². The van der Waals surface area contributed by atoms with Gasteiger partial charge in [0.05, 0.1) is 35.6 Å². The van der Waals surface area contributed by atoms with Crippen molar-refractivity contribution in [1.82, 2.24) is 20.6 Å². The van der Waals surface area contributed by atoms with E-state index in [-0.39, 0.29) is 17.7 Å². The summed E-state index contributed by atoms with van der Waals surface area (Å²) in [6.45, 7) is 10.6. The zero-order valence-electron chi connectivity index (χ0n) is 21.1. The highest BCUT2D eigenvalue weighted by Crippen LogP contribution is 2.33. The SMILES string of the molecule is CCc1nc(C)cc2c(N3CCN[C@@H](C)CC3)c(C(=O)N[C@@H](C)c3ccc(F)c(OC)c3)cnc12. The van der Waals surface area contributed by atoms with Gasteiger partial charge in [-0.2, -0.15) is 0 Å². The molecule has 0 bridgehead atoms. The number of ether oxygens (including phenoxy) is 1. The molecule has 2 atom stereocenters. The second-order valence-electron chi connectivity index (χ2n) is 9.20. The summed E-state index contributed by atoms with van der Waals surface area (Å²) in [5, 5.41) is 7.56. The number of fused-ring (bicyclic) bond motifs is 1. The molecule has 0 spiro atoms. The Labute approximate surface area is 206 Å². The Bertz CT molecular complexity index is 1230. The van der Waals surface area contributed by atoms with Crippen molar-refractivity contribution in [1.29, 1.82) is 0 Å². The predicted molar refractivity (Wildman–Crippen MR) is 137 cm³/mol. The number of aryl methyl sites for hydroxylation is 2. The first-order chi connectivity index (χ1) is 16.8. The van der Waals surface area contributed by atoms with Crippen LogP contribution in [0.3, 0.4) is 0 Å². The van der Waals surface area contributed by atoms with Gasteiger partial charge in [-0.3, -0.25) is 14.8 Å². The van der Waals surface area contributed by atoms with E-state index >= 15 is 0 Å². The number of hydrogen-bond acceptors (Lipinski definition) is 6. The van der Waals surface area contributed by atoms with E-state index < -0.39 is 5.82 Å². The van der Waals surface area contributed by atoms with Crippen molar-refractivity contribution in [3.8, 4) is 5.75 Å². The molecule has 3 heterocycles. The summed E-state index contributed by atoms with van der Waals surface area (Å²) < 4.78 is 19.0. The normalized spacial score (nSPS) is 17.2. The smallest absolute Gasteiger partial charge is 0.255 e. The number of amides is 1. The molecule has 186 valence electrons. The third-order valence-corrected chi connectivity index (χ3v) is 6.65. The molecule has 35 heavy (non-hydrogen) atoms. The molecule has 1 fully saturated rings. The highest BCUT2D eigenvalue weighted by Gasteiger charge is 2.25. The maximum atomic E-state index is 13.9. The predicted octanol–water partition coefficient (Wildman–Crippen LogP) is 4.33. The lowest BCUT2D eigenvalue weighted by Crippen LogP contribution is -2.33. The van der Waals surface area contributed by atoms with Crippen LogP contribution in [0.25, 0.3) is 10.9 Å². The van der Waals surface area contributed by atoms with E-state index in [1.54, 1.807) is 18.3 Å². The molecule has 1 saturated heterocycles. The Kier molecular flexibility index (Phi) is 7.50. The summed E-state index contributed by atoms with van der Waals surface area (Å²) in [7, 11) is 1.43. The van der Waals surface area contributed by atoms with Crippen LogP contribution in [0.5, 0.6) is 5.75 Å². The summed E-state index contributed by atoms with van der Waals surface area (Å²) in [4.78, 5) is 25.3. The minimum absolute atomic E-state index is 0.151. The molecule has 3 aromatic rings. The van der Waals surface area contributed by atoms with Crippen LogP contribution in [-0.2, 0) is 6.42 Å². The first-order valence-electron chi connectivity index (χ1n) is 12.2. The number of halogens is 1. The summed E-state index contributed by atoms with van der Waals surface area (Å²) in [6.07, 6.45) is 3.41. The molecular formula is C27H34FN5O2. The highest BCUT2D eigenvalue weighted by atomic mass is 19.1. The number of rotatable bonds is 6. The van der Waals surface area contributed by atoms with Crippen LogP contribution in [0.4, 0.5) is 10.1 Å². The van der Waals surface area contributed by atoms with Crippen LogP contribution in [0.1, 0.15) is 60.5 Å². The Morgan fingerprint density at radius 3 is 2.89 bits per heavy atom. The van der Waals surface area contributed by atoms with E-state index in [4.69, 9.17) is 9.72 Å². The van der Waals surface area contributed by atoms with Gasteiger partial charge in [-0.1, -0.05) is 13.0 Å². The summed E-state index contributed by atoms with van der Waals surface area (Å²) in [6, 6.07) is 6.72. The van der Waals surface area contributed by atoms with E-state index in [0.29, 0.717) is 11.6 Å². The molecule has 0 aliphatic carbocycles. The molecule has 0 radical (unpaired) electrons. The zero-order valence-corrected chi connectivity index (χ0v) is 21.1. The average molecular weight is 480 g/mol. The lowest BCUT2D eigenvalue weighted by molar-refractivity contribution is 0.0940. The van der Waals surface area contributed by atoms with E-state index in [0.717, 1.165) is 66.0 Å². The van der Waals surface area contributed by atoms with Crippen molar-refractivity contribution in [2.45, 2.75) is 52.6 Å². The molecule has 2 aromatic heterocycles. The van der Waals surface area contributed by atoms with Gasteiger partial charge in [0.25, 0.3) is 5.91 Å². The lowest BCUT2D eigenvalue weighted by atomic mass is 10.0. The van der Waals surface area contributed by atoms with Crippen LogP contribution >= 0.6 is 0 Å². The molecule has 8 heteroatoms. The number of nitrogens with zero attached hydrogens (tertiary/aromatic N) is 3. The highest BCUT2D eigenvalue weighted by molar-refractivity contribution is 6.08. The average Bonchev–Trinajstić information content (AvgIpc) is 3.06. The van der Waals surface area contributed by atoms with E-state index in [1.165, 1.54) is 13.2 Å². The first kappa shape index (κ1) is 24.9. The van der Waals surface area contributed by atoms with Gasteiger partial charge in [-0.05, 0) is 57.4 Å². The van der Waals surface area contributed by atoms with Crippen molar-refractivity contribution in [3.05, 3.63) is 58.8 Å². The Morgan fingerprint density at radius 2 is 2.14 bits per heavy atom. The third-order valence-electron chi connectivity index (χ3n) is 6.65. The van der Waals surface area contributed by atoms with E-state index in [1.807, 2.05) is 19.9 Å². The molecule has 0 saturated carbocycles. The minimum Gasteiger partial charge on any atom is -0.494 e. The molecule has 1 aliphatic rings. The Balaban J connectivity index is 1.76. The molecule has 0 unspecified atom stereocenters. The molecule has 1 aromatic carbocycles. The molecule has 1 aliphatic heterocycles. The van der Waals surface area contributed by atoms with Gasteiger partial charge in [0.2, 0.25) is 0 Å². The van der Waals surface area contributed by atoms with Gasteiger partial charge in [-0.15, -0.1) is 0 Å². The van der Waals surface area contributed by atoms with Gasteiger partial charge in [-0.25, -0.2) is 4.39 Å². The first-order valence-corrected chi connectivity index (χ1v) is 12.2. The van der Waals surface area contributed by atoms with Gasteiger partial charge < -0.3 is 20.3 Å². The number of benzene rings is 1. The van der Waals surface area contributed by atoms with Gasteiger partial charge >= 0.3 is 0 Å². The molecule has 2 N–H and O–H groups in total. The lowest BCUT2D eigenvalue weighted by Gasteiger charge is -2.27. The van der Waals surface area contributed by atoms with Gasteiger partial charge in [0, 0.05) is 43.0 Å². The second-order valence-corrected chi connectivity index (χ2v) is 9.20. The van der Waals surface area contributed by atoms with Crippen LogP contribution in [0, 0.1) is 12.7 Å². The van der Waals surface area contributed by atoms with Crippen molar-refractivity contribution < 1.29 is 13.9 Å². The maximum Gasteiger partial charge on any atom is 0.255 e. The van der Waals surface area contributed by atoms with Crippen molar-refractivity contribution in [2.75, 3.05) is 31.6 Å². The zero-order chi connectivity index (χ0) is 25.1. The number of aromatic nitrogens is 2. The second kappa shape index (κ2) is 10.6. The fourth-order valence-corrected chi connectivity index (χ4v) is 4.68.